The van der Waals surface area contributed by atoms with Gasteiger partial charge in [0.15, 0.2) is 5.78 Å². The Labute approximate surface area is 193 Å². The molecule has 7 rings (SSSR count). The second-order valence-electron chi connectivity index (χ2n) is 9.50. The molecule has 4 atom stereocenters. The van der Waals surface area contributed by atoms with Gasteiger partial charge < -0.3 is 0 Å². The number of imide groups is 1. The summed E-state index contributed by atoms with van der Waals surface area (Å²) in [7, 11) is 0. The average molecular weight is 453 g/mol. The maximum absolute atomic E-state index is 14.2. The quantitative estimate of drug-likeness (QED) is 0.335. The largest absolute Gasteiger partial charge is 0.292 e. The molecule has 0 bridgehead atoms. The van der Waals surface area contributed by atoms with Gasteiger partial charge in [0.05, 0.1) is 22.4 Å². The number of Topliss-reactive ketones (excluding diaryl/α,β-unsaturated/α-hetero) is 1. The molecule has 0 aromatic heterocycles. The molecule has 3 saturated heterocycles. The molecule has 0 saturated carbocycles. The third-order valence-corrected chi connectivity index (χ3v) is 8.19. The van der Waals surface area contributed by atoms with E-state index in [1.807, 2.05) is 36.4 Å². The van der Waals surface area contributed by atoms with Crippen molar-refractivity contribution in [3.63, 3.8) is 0 Å². The minimum atomic E-state index is -1.20. The molecule has 1 spiro atoms. The van der Waals surface area contributed by atoms with E-state index in [-0.39, 0.29) is 23.4 Å². The number of amides is 2. The number of nitro groups is 1. The van der Waals surface area contributed by atoms with Crippen LogP contribution >= 0.6 is 0 Å². The van der Waals surface area contributed by atoms with Crippen LogP contribution in [0.15, 0.2) is 60.7 Å². The third-order valence-electron chi connectivity index (χ3n) is 8.19. The first kappa shape index (κ1) is 19.5. The molecule has 8 nitrogen and oxygen atoms in total. The number of benzene rings is 3. The van der Waals surface area contributed by atoms with Crippen molar-refractivity contribution in [2.75, 3.05) is 11.4 Å². The molecule has 0 radical (unpaired) electrons. The zero-order valence-electron chi connectivity index (χ0n) is 18.0. The number of fused-ring (bicyclic) bond motifs is 6. The summed E-state index contributed by atoms with van der Waals surface area (Å²) in [4.78, 5) is 55.8. The van der Waals surface area contributed by atoms with E-state index in [2.05, 4.69) is 4.90 Å². The Morgan fingerprint density at radius 1 is 0.941 bits per heavy atom. The highest BCUT2D eigenvalue weighted by molar-refractivity contribution is 6.28. The van der Waals surface area contributed by atoms with Crippen LogP contribution in [-0.4, -0.2) is 40.0 Å². The van der Waals surface area contributed by atoms with Gasteiger partial charge in [-0.1, -0.05) is 36.4 Å². The lowest BCUT2D eigenvalue weighted by molar-refractivity contribution is -0.384. The van der Waals surface area contributed by atoms with E-state index in [9.17, 15) is 24.5 Å². The van der Waals surface area contributed by atoms with E-state index in [1.54, 1.807) is 0 Å². The summed E-state index contributed by atoms with van der Waals surface area (Å²) < 4.78 is 0. The number of rotatable bonds is 2. The molecule has 3 heterocycles. The Morgan fingerprint density at radius 2 is 1.68 bits per heavy atom. The molecule has 8 heteroatoms. The summed E-state index contributed by atoms with van der Waals surface area (Å²) >= 11 is 0. The molecule has 3 aromatic carbocycles. The van der Waals surface area contributed by atoms with Crippen LogP contribution in [0.4, 0.5) is 11.4 Å². The van der Waals surface area contributed by atoms with Crippen LogP contribution in [0.1, 0.15) is 28.8 Å². The second kappa shape index (κ2) is 6.36. The van der Waals surface area contributed by atoms with Gasteiger partial charge in [0.25, 0.3) is 5.69 Å². The van der Waals surface area contributed by atoms with Crippen molar-refractivity contribution in [3.05, 3.63) is 81.9 Å². The van der Waals surface area contributed by atoms with Crippen LogP contribution < -0.4 is 4.90 Å². The Morgan fingerprint density at radius 3 is 2.41 bits per heavy atom. The van der Waals surface area contributed by atoms with Gasteiger partial charge in [-0.05, 0) is 47.9 Å². The normalized spacial score (nSPS) is 29.5. The van der Waals surface area contributed by atoms with Crippen LogP contribution in [0.25, 0.3) is 10.8 Å². The predicted molar refractivity (Wildman–Crippen MR) is 122 cm³/mol. The molecule has 0 unspecified atom stereocenters. The molecule has 3 aliphatic heterocycles. The van der Waals surface area contributed by atoms with Crippen molar-refractivity contribution in [1.82, 2.24) is 4.90 Å². The van der Waals surface area contributed by atoms with Crippen molar-refractivity contribution in [2.45, 2.75) is 24.4 Å². The number of non-ortho nitro benzene ring substituents is 1. The summed E-state index contributed by atoms with van der Waals surface area (Å²) in [5, 5.41) is 12.9. The van der Waals surface area contributed by atoms with Gasteiger partial charge in [0.1, 0.15) is 5.54 Å². The lowest BCUT2D eigenvalue weighted by Gasteiger charge is -2.38. The summed E-state index contributed by atoms with van der Waals surface area (Å²) in [6.07, 6.45) is 1.60. The molecule has 2 amide bonds. The molecule has 3 aromatic rings. The molecule has 168 valence electrons. The van der Waals surface area contributed by atoms with Crippen molar-refractivity contribution in [3.8, 4) is 0 Å². The lowest BCUT2D eigenvalue weighted by Crippen LogP contribution is -2.53. The highest BCUT2D eigenvalue weighted by atomic mass is 16.6. The van der Waals surface area contributed by atoms with E-state index < -0.39 is 28.2 Å². The van der Waals surface area contributed by atoms with Crippen LogP contribution in [0.5, 0.6) is 0 Å². The average Bonchev–Trinajstić information content (AvgIpc) is 3.54. The van der Waals surface area contributed by atoms with Gasteiger partial charge in [0, 0.05) is 23.7 Å². The molecular weight excluding hydrogens is 434 g/mol. The van der Waals surface area contributed by atoms with E-state index in [1.165, 1.54) is 24.3 Å². The van der Waals surface area contributed by atoms with Crippen LogP contribution in [0.3, 0.4) is 0 Å². The molecule has 1 aliphatic carbocycles. The minimum Gasteiger partial charge on any atom is -0.292 e. The zero-order chi connectivity index (χ0) is 23.4. The molecule has 34 heavy (non-hydrogen) atoms. The monoisotopic (exact) mass is 453 g/mol. The Balaban J connectivity index is 1.43. The number of hydrogen-bond acceptors (Lipinski definition) is 6. The number of nitro benzene ring substituents is 1. The predicted octanol–water partition coefficient (Wildman–Crippen LogP) is 3.42. The second-order valence-corrected chi connectivity index (χ2v) is 9.50. The number of carbonyl (C=O) groups excluding carboxylic acids is 3. The first-order chi connectivity index (χ1) is 16.5. The Bertz CT molecular complexity index is 1460. The van der Waals surface area contributed by atoms with Crippen LogP contribution in [-0.2, 0) is 15.1 Å². The SMILES string of the molecule is O=C1[C@H]2[C@@H](C(=O)N1c1ccc([N+](=O)[O-])cc1)[C@]1(C(=O)c3cccc4cccc1c34)N1CCC[C@@H]21. The van der Waals surface area contributed by atoms with Gasteiger partial charge in [-0.2, -0.15) is 0 Å². The fourth-order valence-electron chi connectivity index (χ4n) is 7.05. The first-order valence-corrected chi connectivity index (χ1v) is 11.4. The zero-order valence-corrected chi connectivity index (χ0v) is 18.0. The topological polar surface area (TPSA) is 101 Å². The van der Waals surface area contributed by atoms with Gasteiger partial charge in [-0.25, -0.2) is 4.90 Å². The van der Waals surface area contributed by atoms with Crippen molar-refractivity contribution < 1.29 is 19.3 Å². The summed E-state index contributed by atoms with van der Waals surface area (Å²) in [5.74, 6) is -2.29. The maximum Gasteiger partial charge on any atom is 0.269 e. The maximum atomic E-state index is 14.2. The number of hydrogen-bond donors (Lipinski definition) is 0. The van der Waals surface area contributed by atoms with Gasteiger partial charge in [-0.15, -0.1) is 0 Å². The van der Waals surface area contributed by atoms with E-state index in [0.29, 0.717) is 17.8 Å². The lowest BCUT2D eigenvalue weighted by atomic mass is 9.74. The highest BCUT2D eigenvalue weighted by Crippen LogP contribution is 2.61. The summed E-state index contributed by atoms with van der Waals surface area (Å²) in [6.45, 7) is 0.659. The van der Waals surface area contributed by atoms with Crippen molar-refractivity contribution in [1.29, 1.82) is 0 Å². The number of carbonyl (C=O) groups is 3. The van der Waals surface area contributed by atoms with Crippen LogP contribution in [0, 0.1) is 22.0 Å². The van der Waals surface area contributed by atoms with Crippen LogP contribution in [0.2, 0.25) is 0 Å². The highest BCUT2D eigenvalue weighted by Gasteiger charge is 2.74. The fraction of sp³-hybridized carbons (Fsp3) is 0.269. The molecule has 3 fully saturated rings. The van der Waals surface area contributed by atoms with Gasteiger partial charge in [-0.3, -0.25) is 29.4 Å². The van der Waals surface area contributed by atoms with E-state index in [0.717, 1.165) is 34.1 Å². The summed E-state index contributed by atoms with van der Waals surface area (Å²) in [6, 6.07) is 16.7. The van der Waals surface area contributed by atoms with E-state index in [4.69, 9.17) is 0 Å². The standard InChI is InChI=1S/C26H19N3O5/c30-23-17-6-1-4-14-5-2-7-18(20(14)17)26(23)22-21(19-8-3-13-27(19)26)24(31)28(25(22)32)15-9-11-16(12-10-15)29(33)34/h1-2,4-7,9-12,19,21-22H,3,8,13H2/t19-,21+,22-,26+/m0/s1. The number of anilines is 1. The third kappa shape index (κ3) is 2.06. The molecule has 4 aliphatic rings. The van der Waals surface area contributed by atoms with Crippen molar-refractivity contribution >= 4 is 39.7 Å². The molecule has 0 N–H and O–H groups in total. The number of ketones is 1. The minimum absolute atomic E-state index is 0.106. The number of nitrogens with zero attached hydrogens (tertiary/aromatic N) is 3. The van der Waals surface area contributed by atoms with Crippen molar-refractivity contribution in [2.24, 2.45) is 11.8 Å². The van der Waals surface area contributed by atoms with Gasteiger partial charge in [0.2, 0.25) is 11.8 Å². The summed E-state index contributed by atoms with van der Waals surface area (Å²) in [5.41, 5.74) is 0.410. The Hall–Kier alpha value is -3.91. The Kier molecular flexibility index (Phi) is 3.66. The fourth-order valence-corrected chi connectivity index (χ4v) is 7.05. The smallest absolute Gasteiger partial charge is 0.269 e. The van der Waals surface area contributed by atoms with E-state index >= 15 is 0 Å². The van der Waals surface area contributed by atoms with Gasteiger partial charge >= 0.3 is 0 Å². The molecular formula is C26H19N3O5. The first-order valence-electron chi connectivity index (χ1n) is 11.4.